The monoisotopic (exact) mass is 385 g/mol. The fraction of sp³-hybridized carbons (Fsp3) is 0.250. The Morgan fingerprint density at radius 2 is 2.04 bits per heavy atom. The minimum atomic E-state index is -0.656. The summed E-state index contributed by atoms with van der Waals surface area (Å²) >= 11 is 6.13. The molecule has 0 aliphatic carbocycles. The first-order chi connectivity index (χ1) is 12.9. The lowest BCUT2D eigenvalue weighted by Crippen LogP contribution is -2.36. The summed E-state index contributed by atoms with van der Waals surface area (Å²) in [6.07, 6.45) is -0.656. The summed E-state index contributed by atoms with van der Waals surface area (Å²) in [5, 5.41) is 7.18. The molecule has 0 aliphatic heterocycles. The molecule has 3 aromatic rings. The molecule has 0 spiro atoms. The Labute approximate surface area is 162 Å². The highest BCUT2D eigenvalue weighted by Gasteiger charge is 2.17. The van der Waals surface area contributed by atoms with Gasteiger partial charge in [0.05, 0.1) is 11.6 Å². The van der Waals surface area contributed by atoms with Crippen molar-refractivity contribution in [3.05, 3.63) is 64.5 Å². The summed E-state index contributed by atoms with van der Waals surface area (Å²) in [5.41, 5.74) is 2.72. The van der Waals surface area contributed by atoms with Crippen LogP contribution in [-0.2, 0) is 11.3 Å². The first-order valence-corrected chi connectivity index (χ1v) is 8.91. The zero-order valence-corrected chi connectivity index (χ0v) is 16.1. The Bertz CT molecular complexity index is 955. The third kappa shape index (κ3) is 4.65. The SMILES string of the molecule is Cc1ccc(C)c(O[C@@H](C)C(=O)NCc2nc(-c3ccccc3Cl)no2)c1. The number of nitrogens with one attached hydrogen (secondary N) is 1. The van der Waals surface area contributed by atoms with E-state index in [1.807, 2.05) is 44.2 Å². The zero-order valence-electron chi connectivity index (χ0n) is 15.3. The van der Waals surface area contributed by atoms with Crippen LogP contribution in [-0.4, -0.2) is 22.2 Å². The van der Waals surface area contributed by atoms with Crippen LogP contribution in [0.3, 0.4) is 0 Å². The Morgan fingerprint density at radius 3 is 2.81 bits per heavy atom. The van der Waals surface area contributed by atoms with Crippen LogP contribution in [0.15, 0.2) is 47.0 Å². The van der Waals surface area contributed by atoms with Crippen LogP contribution in [0.2, 0.25) is 5.02 Å². The molecule has 1 aromatic heterocycles. The second-order valence-corrected chi connectivity index (χ2v) is 6.65. The van der Waals surface area contributed by atoms with Gasteiger partial charge in [-0.2, -0.15) is 4.98 Å². The van der Waals surface area contributed by atoms with E-state index in [2.05, 4.69) is 15.5 Å². The van der Waals surface area contributed by atoms with Gasteiger partial charge in [-0.3, -0.25) is 4.79 Å². The molecule has 0 aliphatic rings. The molecule has 7 heteroatoms. The van der Waals surface area contributed by atoms with Gasteiger partial charge in [0.25, 0.3) is 5.91 Å². The molecular formula is C20H20ClN3O3. The molecule has 27 heavy (non-hydrogen) atoms. The van der Waals surface area contributed by atoms with Gasteiger partial charge in [-0.05, 0) is 50.1 Å². The van der Waals surface area contributed by atoms with Crippen molar-refractivity contribution in [3.8, 4) is 17.1 Å². The molecule has 0 fully saturated rings. The zero-order chi connectivity index (χ0) is 19.4. The Hall–Kier alpha value is -2.86. The predicted molar refractivity (Wildman–Crippen MR) is 103 cm³/mol. The van der Waals surface area contributed by atoms with Crippen molar-refractivity contribution in [2.75, 3.05) is 0 Å². The number of aryl methyl sites for hydroxylation is 2. The number of rotatable bonds is 6. The third-order valence-electron chi connectivity index (χ3n) is 4.01. The maximum Gasteiger partial charge on any atom is 0.261 e. The van der Waals surface area contributed by atoms with E-state index in [1.165, 1.54) is 0 Å². The summed E-state index contributed by atoms with van der Waals surface area (Å²) in [6, 6.07) is 13.1. The number of carbonyl (C=O) groups excluding carboxylic acids is 1. The van der Waals surface area contributed by atoms with E-state index >= 15 is 0 Å². The second kappa shape index (κ2) is 8.22. The largest absolute Gasteiger partial charge is 0.481 e. The van der Waals surface area contributed by atoms with Crippen LogP contribution in [0.1, 0.15) is 23.9 Å². The van der Waals surface area contributed by atoms with E-state index in [-0.39, 0.29) is 18.3 Å². The predicted octanol–water partition coefficient (Wildman–Crippen LogP) is 4.09. The van der Waals surface area contributed by atoms with Crippen LogP contribution in [0.25, 0.3) is 11.4 Å². The maximum absolute atomic E-state index is 12.3. The average Bonchev–Trinajstić information content (AvgIpc) is 3.11. The lowest BCUT2D eigenvalue weighted by Gasteiger charge is -2.16. The van der Waals surface area contributed by atoms with Gasteiger partial charge in [-0.1, -0.05) is 41.0 Å². The van der Waals surface area contributed by atoms with Gasteiger partial charge in [0.1, 0.15) is 5.75 Å². The average molecular weight is 386 g/mol. The molecule has 0 unspecified atom stereocenters. The van der Waals surface area contributed by atoms with E-state index in [0.29, 0.717) is 22.2 Å². The number of carbonyl (C=O) groups is 1. The van der Waals surface area contributed by atoms with Crippen LogP contribution in [0.4, 0.5) is 0 Å². The van der Waals surface area contributed by atoms with E-state index in [9.17, 15) is 4.79 Å². The van der Waals surface area contributed by atoms with Crippen LogP contribution < -0.4 is 10.1 Å². The molecule has 1 N–H and O–H groups in total. The number of amides is 1. The molecule has 140 valence electrons. The van der Waals surface area contributed by atoms with Crippen LogP contribution in [0.5, 0.6) is 5.75 Å². The van der Waals surface area contributed by atoms with Crippen LogP contribution in [0, 0.1) is 13.8 Å². The number of hydrogen-bond acceptors (Lipinski definition) is 5. The Morgan fingerprint density at radius 1 is 1.26 bits per heavy atom. The third-order valence-corrected chi connectivity index (χ3v) is 4.34. The Kier molecular flexibility index (Phi) is 5.76. The molecule has 1 heterocycles. The number of aromatic nitrogens is 2. The molecule has 0 radical (unpaired) electrons. The highest BCUT2D eigenvalue weighted by Crippen LogP contribution is 2.25. The van der Waals surface area contributed by atoms with E-state index in [0.717, 1.165) is 11.1 Å². The summed E-state index contributed by atoms with van der Waals surface area (Å²) in [7, 11) is 0. The molecule has 6 nitrogen and oxygen atoms in total. The minimum absolute atomic E-state index is 0.108. The quantitative estimate of drug-likeness (QED) is 0.691. The normalized spacial score (nSPS) is 11.9. The summed E-state index contributed by atoms with van der Waals surface area (Å²) in [4.78, 5) is 16.6. The van der Waals surface area contributed by atoms with Crippen molar-refractivity contribution >= 4 is 17.5 Å². The Balaban J connectivity index is 1.59. The smallest absolute Gasteiger partial charge is 0.261 e. The second-order valence-electron chi connectivity index (χ2n) is 6.24. The maximum atomic E-state index is 12.3. The van der Waals surface area contributed by atoms with Gasteiger partial charge in [-0.25, -0.2) is 0 Å². The molecule has 2 aromatic carbocycles. The fourth-order valence-electron chi connectivity index (χ4n) is 2.46. The van der Waals surface area contributed by atoms with Crippen molar-refractivity contribution in [2.24, 2.45) is 0 Å². The van der Waals surface area contributed by atoms with E-state index in [4.69, 9.17) is 20.9 Å². The van der Waals surface area contributed by atoms with E-state index in [1.54, 1.807) is 19.1 Å². The van der Waals surface area contributed by atoms with E-state index < -0.39 is 6.10 Å². The van der Waals surface area contributed by atoms with Crippen molar-refractivity contribution in [1.82, 2.24) is 15.5 Å². The van der Waals surface area contributed by atoms with Gasteiger partial charge >= 0.3 is 0 Å². The molecular weight excluding hydrogens is 366 g/mol. The van der Waals surface area contributed by atoms with Crippen molar-refractivity contribution in [3.63, 3.8) is 0 Å². The first kappa shape index (κ1) is 18.9. The van der Waals surface area contributed by atoms with Crippen molar-refractivity contribution in [1.29, 1.82) is 0 Å². The van der Waals surface area contributed by atoms with Gasteiger partial charge in [0.2, 0.25) is 11.7 Å². The summed E-state index contributed by atoms with van der Waals surface area (Å²) in [5.74, 6) is 1.09. The number of nitrogens with zero attached hydrogens (tertiary/aromatic N) is 2. The summed E-state index contributed by atoms with van der Waals surface area (Å²) < 4.78 is 11.0. The lowest BCUT2D eigenvalue weighted by atomic mass is 10.1. The number of ether oxygens (including phenoxy) is 1. The van der Waals surface area contributed by atoms with Gasteiger partial charge in [0, 0.05) is 5.56 Å². The number of halogens is 1. The topological polar surface area (TPSA) is 77.2 Å². The standard InChI is InChI=1S/C20H20ClN3O3/c1-12-8-9-13(2)17(10-12)26-14(3)20(25)22-11-18-23-19(24-27-18)15-6-4-5-7-16(15)21/h4-10,14H,11H2,1-3H3,(H,22,25)/t14-/m0/s1. The molecule has 1 amide bonds. The lowest BCUT2D eigenvalue weighted by molar-refractivity contribution is -0.127. The van der Waals surface area contributed by atoms with Crippen molar-refractivity contribution in [2.45, 2.75) is 33.4 Å². The summed E-state index contributed by atoms with van der Waals surface area (Å²) in [6.45, 7) is 5.72. The van der Waals surface area contributed by atoms with Crippen molar-refractivity contribution < 1.29 is 14.1 Å². The van der Waals surface area contributed by atoms with Crippen LogP contribution >= 0.6 is 11.6 Å². The molecule has 0 saturated heterocycles. The molecule has 0 bridgehead atoms. The van der Waals surface area contributed by atoms with Gasteiger partial charge < -0.3 is 14.6 Å². The van der Waals surface area contributed by atoms with Gasteiger partial charge in [0.15, 0.2) is 6.10 Å². The number of hydrogen-bond donors (Lipinski definition) is 1. The first-order valence-electron chi connectivity index (χ1n) is 8.53. The molecule has 1 atom stereocenters. The molecule has 0 saturated carbocycles. The van der Waals surface area contributed by atoms with Gasteiger partial charge in [-0.15, -0.1) is 0 Å². The molecule has 3 rings (SSSR count). The minimum Gasteiger partial charge on any atom is -0.481 e. The number of benzene rings is 2. The highest BCUT2D eigenvalue weighted by molar-refractivity contribution is 6.33. The fourth-order valence-corrected chi connectivity index (χ4v) is 2.68. The highest BCUT2D eigenvalue weighted by atomic mass is 35.5.